The number of Topliss-reactive ketones (excluding diaryl/α,β-unsaturated/α-hetero) is 1. The second-order valence-corrected chi connectivity index (χ2v) is 6.79. The molecular weight excluding hydrogens is 258 g/mol. The molecule has 0 aliphatic carbocycles. The number of ketones is 1. The minimum atomic E-state index is -0.545. The Morgan fingerprint density at radius 1 is 1.21 bits per heavy atom. The van der Waals surface area contributed by atoms with Crippen LogP contribution in [0.5, 0.6) is 0 Å². The summed E-state index contributed by atoms with van der Waals surface area (Å²) in [7, 11) is 0.178. The van der Waals surface area contributed by atoms with E-state index in [-0.39, 0.29) is 22.6 Å². The third-order valence-corrected chi connectivity index (χ3v) is 3.96. The Labute approximate surface area is 117 Å². The molecule has 0 saturated heterocycles. The molecule has 1 rings (SSSR count). The summed E-state index contributed by atoms with van der Waals surface area (Å²) < 4.78 is 0. The van der Waals surface area contributed by atoms with Crippen molar-refractivity contribution in [1.29, 1.82) is 0 Å². The molecule has 1 aromatic carbocycles. The Hall–Kier alpha value is -1.55. The van der Waals surface area contributed by atoms with E-state index in [1.807, 2.05) is 12.1 Å². The Morgan fingerprint density at radius 2 is 1.74 bits per heavy atom. The summed E-state index contributed by atoms with van der Waals surface area (Å²) in [4.78, 5) is 24.8. The highest BCUT2D eigenvalue weighted by atomic mass is 32.2. The van der Waals surface area contributed by atoms with Gasteiger partial charge in [-0.25, -0.2) is 0 Å². The molecule has 1 aromatic rings. The summed E-state index contributed by atoms with van der Waals surface area (Å²) in [5, 5.41) is 2.68. The molecule has 102 valence electrons. The molecule has 1 unspecified atom stereocenters. The zero-order valence-corrected chi connectivity index (χ0v) is 12.6. The predicted octanol–water partition coefficient (Wildman–Crippen LogP) is 2.19. The van der Waals surface area contributed by atoms with Crippen LogP contribution in [-0.4, -0.2) is 30.2 Å². The third kappa shape index (κ3) is 4.24. The van der Waals surface area contributed by atoms with Gasteiger partial charge in [-0.3, -0.25) is 9.59 Å². The van der Waals surface area contributed by atoms with Crippen molar-refractivity contribution in [2.24, 2.45) is 0 Å². The molecule has 0 fully saturated rings. The maximum atomic E-state index is 12.0. The lowest BCUT2D eigenvalue weighted by Gasteiger charge is -2.12. The molecule has 3 nitrogen and oxygen atoms in total. The Bertz CT molecular complexity index is 491. The standard InChI is InChI=1S/C15H19NO2S/c1-10(2)14(17)11(3)16-15(18)12-6-8-13(9-7-12)19(4)5/h6-9,11H,1H2,2-5H3/p+1. The Morgan fingerprint density at radius 3 is 2.16 bits per heavy atom. The molecule has 1 amide bonds. The van der Waals surface area contributed by atoms with Crippen LogP contribution in [0, 0.1) is 0 Å². The quantitative estimate of drug-likeness (QED) is 0.663. The van der Waals surface area contributed by atoms with Crippen LogP contribution in [0.2, 0.25) is 0 Å². The summed E-state index contributed by atoms with van der Waals surface area (Å²) >= 11 is 0. The molecule has 0 aromatic heterocycles. The van der Waals surface area contributed by atoms with Gasteiger partial charge in [-0.05, 0) is 43.7 Å². The fourth-order valence-electron chi connectivity index (χ4n) is 1.59. The van der Waals surface area contributed by atoms with Crippen LogP contribution in [0.1, 0.15) is 24.2 Å². The number of carbonyl (C=O) groups excluding carboxylic acids is 2. The van der Waals surface area contributed by atoms with Crippen molar-refractivity contribution in [3.8, 4) is 0 Å². The summed E-state index contributed by atoms with van der Waals surface area (Å²) in [6.07, 6.45) is 4.26. The first-order valence-electron chi connectivity index (χ1n) is 6.01. The average Bonchev–Trinajstić information content (AvgIpc) is 2.37. The maximum Gasteiger partial charge on any atom is 0.251 e. The lowest BCUT2D eigenvalue weighted by atomic mass is 10.1. The highest BCUT2D eigenvalue weighted by molar-refractivity contribution is 7.95. The first-order valence-corrected chi connectivity index (χ1v) is 8.05. The number of carbonyl (C=O) groups is 2. The van der Waals surface area contributed by atoms with Gasteiger partial charge in [0.1, 0.15) is 12.5 Å². The Balaban J connectivity index is 2.73. The van der Waals surface area contributed by atoms with Gasteiger partial charge >= 0.3 is 0 Å². The van der Waals surface area contributed by atoms with E-state index in [4.69, 9.17) is 0 Å². The second-order valence-electron chi connectivity index (χ2n) is 4.68. The van der Waals surface area contributed by atoms with Crippen molar-refractivity contribution >= 4 is 22.6 Å². The number of hydrogen-bond donors (Lipinski definition) is 1. The van der Waals surface area contributed by atoms with Crippen molar-refractivity contribution < 1.29 is 9.59 Å². The van der Waals surface area contributed by atoms with E-state index < -0.39 is 6.04 Å². The minimum absolute atomic E-state index is 0.145. The number of rotatable bonds is 5. The zero-order chi connectivity index (χ0) is 14.6. The molecular formula is C15H20NO2S+. The zero-order valence-electron chi connectivity index (χ0n) is 11.8. The van der Waals surface area contributed by atoms with Gasteiger partial charge in [0.05, 0.1) is 6.04 Å². The maximum absolute atomic E-state index is 12.0. The average molecular weight is 278 g/mol. The predicted molar refractivity (Wildman–Crippen MR) is 80.7 cm³/mol. The normalized spacial score (nSPS) is 12.1. The first kappa shape index (κ1) is 15.5. The van der Waals surface area contributed by atoms with Crippen LogP contribution < -0.4 is 5.32 Å². The summed E-state index contributed by atoms with van der Waals surface area (Å²) in [6, 6.07) is 6.93. The molecule has 0 radical (unpaired) electrons. The molecule has 0 bridgehead atoms. The van der Waals surface area contributed by atoms with E-state index >= 15 is 0 Å². The molecule has 4 heteroatoms. The van der Waals surface area contributed by atoms with E-state index in [1.165, 1.54) is 4.90 Å². The highest BCUT2D eigenvalue weighted by Crippen LogP contribution is 2.11. The third-order valence-electron chi connectivity index (χ3n) is 2.75. The molecule has 1 atom stereocenters. The molecule has 0 aliphatic heterocycles. The molecule has 19 heavy (non-hydrogen) atoms. The summed E-state index contributed by atoms with van der Waals surface area (Å²) in [5.41, 5.74) is 1.01. The van der Waals surface area contributed by atoms with Gasteiger partial charge in [-0.15, -0.1) is 0 Å². The van der Waals surface area contributed by atoms with Gasteiger partial charge in [0, 0.05) is 16.5 Å². The number of nitrogens with one attached hydrogen (secondary N) is 1. The SMILES string of the molecule is C=C(C)C(=O)C(C)NC(=O)c1ccc([S+](C)C)cc1. The van der Waals surface area contributed by atoms with Crippen molar-refractivity contribution in [1.82, 2.24) is 5.32 Å². The van der Waals surface area contributed by atoms with Gasteiger partial charge in [-0.2, -0.15) is 0 Å². The van der Waals surface area contributed by atoms with Crippen LogP contribution in [0.4, 0.5) is 0 Å². The van der Waals surface area contributed by atoms with E-state index in [1.54, 1.807) is 26.0 Å². The molecule has 0 aliphatic rings. The Kier molecular flexibility index (Phi) is 5.36. The molecule has 1 N–H and O–H groups in total. The molecule has 0 spiro atoms. The topological polar surface area (TPSA) is 46.2 Å². The van der Waals surface area contributed by atoms with Crippen molar-refractivity contribution in [2.45, 2.75) is 24.8 Å². The van der Waals surface area contributed by atoms with E-state index in [2.05, 4.69) is 24.4 Å². The van der Waals surface area contributed by atoms with Gasteiger partial charge < -0.3 is 5.32 Å². The largest absolute Gasteiger partial charge is 0.342 e. The number of amides is 1. The highest BCUT2D eigenvalue weighted by Gasteiger charge is 2.17. The van der Waals surface area contributed by atoms with Crippen molar-refractivity contribution in [2.75, 3.05) is 12.5 Å². The lowest BCUT2D eigenvalue weighted by molar-refractivity contribution is -0.116. The van der Waals surface area contributed by atoms with Gasteiger partial charge in [0.25, 0.3) is 5.91 Å². The number of benzene rings is 1. The fraction of sp³-hybridized carbons (Fsp3) is 0.333. The lowest BCUT2D eigenvalue weighted by Crippen LogP contribution is -2.38. The second kappa shape index (κ2) is 6.57. The van der Waals surface area contributed by atoms with E-state index in [0.717, 1.165) is 0 Å². The van der Waals surface area contributed by atoms with Crippen LogP contribution in [0.25, 0.3) is 0 Å². The van der Waals surface area contributed by atoms with Gasteiger partial charge in [0.15, 0.2) is 10.7 Å². The van der Waals surface area contributed by atoms with Gasteiger partial charge in [-0.1, -0.05) is 6.58 Å². The van der Waals surface area contributed by atoms with Crippen molar-refractivity contribution in [3.05, 3.63) is 42.0 Å². The minimum Gasteiger partial charge on any atom is -0.342 e. The van der Waals surface area contributed by atoms with E-state index in [9.17, 15) is 9.59 Å². The van der Waals surface area contributed by atoms with Gasteiger partial charge in [0.2, 0.25) is 0 Å². The molecule has 0 heterocycles. The smallest absolute Gasteiger partial charge is 0.251 e. The first-order chi connectivity index (χ1) is 8.82. The summed E-state index contributed by atoms with van der Waals surface area (Å²) in [6.45, 7) is 6.89. The van der Waals surface area contributed by atoms with Crippen LogP contribution in [0.3, 0.4) is 0 Å². The van der Waals surface area contributed by atoms with Crippen LogP contribution >= 0.6 is 0 Å². The van der Waals surface area contributed by atoms with Crippen LogP contribution in [-0.2, 0) is 15.7 Å². The number of hydrogen-bond acceptors (Lipinski definition) is 2. The summed E-state index contributed by atoms with van der Waals surface area (Å²) in [5.74, 6) is -0.380. The van der Waals surface area contributed by atoms with E-state index in [0.29, 0.717) is 11.1 Å². The molecule has 0 saturated carbocycles. The van der Waals surface area contributed by atoms with Crippen LogP contribution in [0.15, 0.2) is 41.3 Å². The van der Waals surface area contributed by atoms with Crippen molar-refractivity contribution in [3.63, 3.8) is 0 Å². The monoisotopic (exact) mass is 278 g/mol. The fourth-order valence-corrected chi connectivity index (χ4v) is 2.27.